The van der Waals surface area contributed by atoms with Gasteiger partial charge in [0.15, 0.2) is 17.5 Å². The third-order valence-electron chi connectivity index (χ3n) is 5.34. The fourth-order valence-corrected chi connectivity index (χ4v) is 3.60. The molecule has 0 saturated carbocycles. The summed E-state index contributed by atoms with van der Waals surface area (Å²) in [7, 11) is 0. The highest BCUT2D eigenvalue weighted by Gasteiger charge is 2.22. The molecule has 1 aromatic heterocycles. The third kappa shape index (κ3) is 4.63. The summed E-state index contributed by atoms with van der Waals surface area (Å²) in [6.07, 6.45) is 0. The Morgan fingerprint density at radius 2 is 1.68 bits per heavy atom. The topological polar surface area (TPSA) is 76.0 Å². The number of nitrogens with one attached hydrogen (secondary N) is 2. The predicted octanol–water partition coefficient (Wildman–Crippen LogP) is 4.89. The van der Waals surface area contributed by atoms with E-state index in [0.29, 0.717) is 22.4 Å². The van der Waals surface area contributed by atoms with Crippen LogP contribution in [-0.4, -0.2) is 21.4 Å². The second kappa shape index (κ2) is 9.38. The Balaban J connectivity index is 1.60. The summed E-state index contributed by atoms with van der Waals surface area (Å²) in [6.45, 7) is 3.36. The summed E-state index contributed by atoms with van der Waals surface area (Å²) in [5.74, 6) is -5.08. The van der Waals surface area contributed by atoms with Crippen molar-refractivity contribution in [2.45, 2.75) is 26.4 Å². The van der Waals surface area contributed by atoms with E-state index in [1.54, 1.807) is 47.9 Å². The number of aromatic nitrogens is 2. The summed E-state index contributed by atoms with van der Waals surface area (Å²) in [5.41, 5.74) is 2.24. The van der Waals surface area contributed by atoms with Crippen LogP contribution in [0.5, 0.6) is 0 Å². The molecule has 34 heavy (non-hydrogen) atoms. The molecule has 0 spiro atoms. The molecule has 3 aromatic carbocycles. The lowest BCUT2D eigenvalue weighted by Gasteiger charge is -2.17. The van der Waals surface area contributed by atoms with Gasteiger partial charge in [-0.2, -0.15) is 0 Å². The molecule has 4 aromatic rings. The summed E-state index contributed by atoms with van der Waals surface area (Å²) < 4.78 is 42.3. The van der Waals surface area contributed by atoms with Gasteiger partial charge in [-0.15, -0.1) is 0 Å². The number of hydrogen-bond acceptors (Lipinski definition) is 3. The number of fused-ring (bicyclic) bond motifs is 1. The Hall–Kier alpha value is -4.14. The molecule has 2 N–H and O–H groups in total. The van der Waals surface area contributed by atoms with E-state index in [9.17, 15) is 22.8 Å². The molecule has 1 atom stereocenters. The third-order valence-corrected chi connectivity index (χ3v) is 5.34. The summed E-state index contributed by atoms with van der Waals surface area (Å²) in [4.78, 5) is 29.9. The van der Waals surface area contributed by atoms with Crippen molar-refractivity contribution in [2.75, 3.05) is 5.32 Å². The fraction of sp³-hybridized carbons (Fsp3) is 0.160. The lowest BCUT2D eigenvalue weighted by molar-refractivity contribution is -0.116. The zero-order valence-corrected chi connectivity index (χ0v) is 18.4. The van der Waals surface area contributed by atoms with Gasteiger partial charge >= 0.3 is 0 Å². The SMILES string of the molecule is Cc1ccc(C(=O)NC(C)c2nc3ccccc3n2CC(=O)Nc2ccc(F)c(F)c2F)cc1. The molecule has 0 fully saturated rings. The standard InChI is InChI=1S/C25H21F3N4O2/c1-14-7-9-16(10-8-14)25(34)29-15(2)24-31-18-5-3-4-6-20(18)32(24)13-21(33)30-19-12-11-17(26)22(27)23(19)28/h3-12,15H,13H2,1-2H3,(H,29,34)(H,30,33). The number of benzene rings is 3. The number of carbonyl (C=O) groups is 2. The molecule has 0 radical (unpaired) electrons. The maximum Gasteiger partial charge on any atom is 0.251 e. The van der Waals surface area contributed by atoms with Crippen LogP contribution < -0.4 is 10.6 Å². The van der Waals surface area contributed by atoms with Gasteiger partial charge < -0.3 is 15.2 Å². The molecule has 0 bridgehead atoms. The van der Waals surface area contributed by atoms with Crippen molar-refractivity contribution < 1.29 is 22.8 Å². The first-order chi connectivity index (χ1) is 16.2. The van der Waals surface area contributed by atoms with Gasteiger partial charge in [0.25, 0.3) is 5.91 Å². The fourth-order valence-electron chi connectivity index (χ4n) is 3.60. The molecular weight excluding hydrogens is 445 g/mol. The Kier molecular flexibility index (Phi) is 6.36. The summed E-state index contributed by atoms with van der Waals surface area (Å²) in [6, 6.07) is 15.3. The van der Waals surface area contributed by atoms with Crippen LogP contribution in [0.4, 0.5) is 18.9 Å². The smallest absolute Gasteiger partial charge is 0.251 e. The molecule has 4 rings (SSSR count). The average molecular weight is 466 g/mol. The van der Waals surface area contributed by atoms with Crippen LogP contribution in [0.3, 0.4) is 0 Å². The van der Waals surface area contributed by atoms with Crippen molar-refractivity contribution in [1.29, 1.82) is 0 Å². The second-order valence-corrected chi connectivity index (χ2v) is 7.88. The van der Waals surface area contributed by atoms with E-state index in [4.69, 9.17) is 0 Å². The second-order valence-electron chi connectivity index (χ2n) is 7.88. The summed E-state index contributed by atoms with van der Waals surface area (Å²) >= 11 is 0. The highest BCUT2D eigenvalue weighted by molar-refractivity contribution is 5.94. The number of imidazole rings is 1. The van der Waals surface area contributed by atoms with Crippen molar-refractivity contribution in [3.63, 3.8) is 0 Å². The van der Waals surface area contributed by atoms with E-state index in [2.05, 4.69) is 15.6 Å². The van der Waals surface area contributed by atoms with Gasteiger partial charge in [0.05, 0.1) is 22.8 Å². The van der Waals surface area contributed by atoms with Gasteiger partial charge in [-0.3, -0.25) is 9.59 Å². The zero-order chi connectivity index (χ0) is 24.4. The van der Waals surface area contributed by atoms with Crippen LogP contribution in [0.15, 0.2) is 60.7 Å². The number of anilines is 1. The molecule has 0 aliphatic carbocycles. The molecule has 1 heterocycles. The highest BCUT2D eigenvalue weighted by atomic mass is 19.2. The predicted molar refractivity (Wildman–Crippen MR) is 122 cm³/mol. The number of carbonyl (C=O) groups excluding carboxylic acids is 2. The lowest BCUT2D eigenvalue weighted by atomic mass is 10.1. The van der Waals surface area contributed by atoms with E-state index in [1.807, 2.05) is 19.1 Å². The highest BCUT2D eigenvalue weighted by Crippen LogP contribution is 2.23. The number of hydrogen-bond donors (Lipinski definition) is 2. The van der Waals surface area contributed by atoms with Crippen LogP contribution in [0.1, 0.15) is 34.7 Å². The molecule has 1 unspecified atom stereocenters. The van der Waals surface area contributed by atoms with Crippen LogP contribution in [0, 0.1) is 24.4 Å². The van der Waals surface area contributed by atoms with Crippen molar-refractivity contribution in [1.82, 2.24) is 14.9 Å². The van der Waals surface area contributed by atoms with E-state index < -0.39 is 35.1 Å². The van der Waals surface area contributed by atoms with Gasteiger partial charge in [-0.05, 0) is 50.2 Å². The monoisotopic (exact) mass is 466 g/mol. The first kappa shape index (κ1) is 23.0. The molecule has 0 aliphatic rings. The van der Waals surface area contributed by atoms with Crippen LogP contribution in [0.2, 0.25) is 0 Å². The van der Waals surface area contributed by atoms with E-state index in [1.165, 1.54) is 0 Å². The van der Waals surface area contributed by atoms with Gasteiger partial charge in [0, 0.05) is 5.56 Å². The van der Waals surface area contributed by atoms with Crippen molar-refractivity contribution in [3.8, 4) is 0 Å². The van der Waals surface area contributed by atoms with Crippen LogP contribution in [0.25, 0.3) is 11.0 Å². The van der Waals surface area contributed by atoms with Crippen molar-refractivity contribution >= 4 is 28.5 Å². The van der Waals surface area contributed by atoms with E-state index in [0.717, 1.165) is 17.7 Å². The normalized spacial score (nSPS) is 11.9. The maximum absolute atomic E-state index is 14.0. The van der Waals surface area contributed by atoms with Gasteiger partial charge in [-0.25, -0.2) is 18.2 Å². The molecule has 2 amide bonds. The minimum absolute atomic E-state index is 0.293. The van der Waals surface area contributed by atoms with Crippen molar-refractivity contribution in [3.05, 3.63) is 95.1 Å². The molecule has 174 valence electrons. The summed E-state index contributed by atoms with van der Waals surface area (Å²) in [5, 5.41) is 5.14. The van der Waals surface area contributed by atoms with Crippen LogP contribution in [-0.2, 0) is 11.3 Å². The number of halogens is 3. The van der Waals surface area contributed by atoms with Gasteiger partial charge in [0.1, 0.15) is 12.4 Å². The average Bonchev–Trinajstić information content (AvgIpc) is 3.18. The Morgan fingerprint density at radius 1 is 0.971 bits per heavy atom. The Bertz CT molecular complexity index is 1380. The minimum atomic E-state index is -1.67. The Labute approximate surface area is 193 Å². The van der Waals surface area contributed by atoms with Crippen molar-refractivity contribution in [2.24, 2.45) is 0 Å². The molecular formula is C25H21F3N4O2. The van der Waals surface area contributed by atoms with Gasteiger partial charge in [0.2, 0.25) is 5.91 Å². The minimum Gasteiger partial charge on any atom is -0.342 e. The van der Waals surface area contributed by atoms with Crippen LogP contribution >= 0.6 is 0 Å². The lowest BCUT2D eigenvalue weighted by Crippen LogP contribution is -2.30. The molecule has 0 aliphatic heterocycles. The number of rotatable bonds is 6. The Morgan fingerprint density at radius 3 is 2.41 bits per heavy atom. The van der Waals surface area contributed by atoms with E-state index in [-0.39, 0.29) is 12.5 Å². The number of amides is 2. The molecule has 0 saturated heterocycles. The number of nitrogens with zero attached hydrogens (tertiary/aromatic N) is 2. The first-order valence-electron chi connectivity index (χ1n) is 10.5. The maximum atomic E-state index is 14.0. The molecule has 9 heteroatoms. The first-order valence-corrected chi connectivity index (χ1v) is 10.5. The molecule has 6 nitrogen and oxygen atoms in total. The largest absolute Gasteiger partial charge is 0.342 e. The van der Waals surface area contributed by atoms with Gasteiger partial charge in [-0.1, -0.05) is 29.8 Å². The zero-order valence-electron chi connectivity index (χ0n) is 18.4. The quantitative estimate of drug-likeness (QED) is 0.397. The number of aryl methyl sites for hydroxylation is 1. The number of para-hydroxylation sites is 2. The van der Waals surface area contributed by atoms with E-state index >= 15 is 0 Å².